The zero-order valence-electron chi connectivity index (χ0n) is 8.11. The van der Waals surface area contributed by atoms with E-state index in [0.717, 1.165) is 26.2 Å². The molecule has 74 valence electrons. The van der Waals surface area contributed by atoms with Crippen LogP contribution in [0.1, 0.15) is 20.3 Å². The lowest BCUT2D eigenvalue weighted by atomic mass is 10.2. The minimum absolute atomic E-state index is 0.285. The van der Waals surface area contributed by atoms with Crippen LogP contribution in [-0.2, 0) is 4.74 Å². The van der Waals surface area contributed by atoms with Crippen molar-refractivity contribution in [1.82, 2.24) is 5.32 Å². The van der Waals surface area contributed by atoms with Gasteiger partial charge in [-0.2, -0.15) is 0 Å². The van der Waals surface area contributed by atoms with Gasteiger partial charge in [-0.05, 0) is 18.9 Å². The van der Waals surface area contributed by atoms with Crippen molar-refractivity contribution >= 4 is 0 Å². The van der Waals surface area contributed by atoms with E-state index >= 15 is 0 Å². The van der Waals surface area contributed by atoms with Crippen molar-refractivity contribution in [1.29, 1.82) is 0 Å². The van der Waals surface area contributed by atoms with Gasteiger partial charge in [-0.15, -0.1) is 0 Å². The van der Waals surface area contributed by atoms with Gasteiger partial charge in [-0.1, -0.05) is 13.8 Å². The molecular formula is C9H20FNO. The van der Waals surface area contributed by atoms with Gasteiger partial charge in [-0.3, -0.25) is 0 Å². The van der Waals surface area contributed by atoms with Crippen molar-refractivity contribution in [2.75, 3.05) is 33.0 Å². The molecule has 0 saturated heterocycles. The molecule has 0 rings (SSSR count). The molecule has 0 aromatic rings. The lowest BCUT2D eigenvalue weighted by Crippen LogP contribution is -2.19. The summed E-state index contributed by atoms with van der Waals surface area (Å²) in [4.78, 5) is 0. The first-order chi connectivity index (χ1) is 5.77. The van der Waals surface area contributed by atoms with Gasteiger partial charge in [0, 0.05) is 19.8 Å². The van der Waals surface area contributed by atoms with Crippen LogP contribution >= 0.6 is 0 Å². The smallest absolute Gasteiger partial charge is 0.102 e. The summed E-state index contributed by atoms with van der Waals surface area (Å²) < 4.78 is 16.9. The minimum Gasteiger partial charge on any atom is -0.381 e. The molecule has 0 aromatic heterocycles. The van der Waals surface area contributed by atoms with Crippen molar-refractivity contribution in [2.45, 2.75) is 20.3 Å². The van der Waals surface area contributed by atoms with Crippen molar-refractivity contribution in [3.63, 3.8) is 0 Å². The van der Waals surface area contributed by atoms with Crippen LogP contribution in [0.25, 0.3) is 0 Å². The Hall–Kier alpha value is -0.150. The van der Waals surface area contributed by atoms with E-state index in [1.165, 1.54) is 0 Å². The van der Waals surface area contributed by atoms with E-state index in [9.17, 15) is 4.39 Å². The SMILES string of the molecule is CC(C)COCCCNCCF. The van der Waals surface area contributed by atoms with E-state index in [2.05, 4.69) is 19.2 Å². The highest BCUT2D eigenvalue weighted by Gasteiger charge is 1.93. The molecule has 0 aliphatic rings. The predicted octanol–water partition coefficient (Wildman–Crippen LogP) is 1.61. The Morgan fingerprint density at radius 1 is 1.33 bits per heavy atom. The molecule has 0 spiro atoms. The first-order valence-electron chi connectivity index (χ1n) is 4.61. The number of hydrogen-bond acceptors (Lipinski definition) is 2. The number of alkyl halides is 1. The minimum atomic E-state index is -0.285. The molecule has 1 N–H and O–H groups in total. The van der Waals surface area contributed by atoms with E-state index in [-0.39, 0.29) is 6.67 Å². The summed E-state index contributed by atoms with van der Waals surface area (Å²) in [7, 11) is 0. The first kappa shape index (κ1) is 11.8. The number of ether oxygens (including phenoxy) is 1. The molecule has 3 heteroatoms. The van der Waals surface area contributed by atoms with E-state index in [1.807, 2.05) is 0 Å². The quantitative estimate of drug-likeness (QED) is 0.569. The summed E-state index contributed by atoms with van der Waals surface area (Å²) >= 11 is 0. The Morgan fingerprint density at radius 3 is 2.67 bits per heavy atom. The van der Waals surface area contributed by atoms with Crippen molar-refractivity contribution in [3.05, 3.63) is 0 Å². The van der Waals surface area contributed by atoms with Gasteiger partial charge in [0.25, 0.3) is 0 Å². The first-order valence-corrected chi connectivity index (χ1v) is 4.61. The molecule has 0 bridgehead atoms. The zero-order chi connectivity index (χ0) is 9.23. The molecular weight excluding hydrogens is 157 g/mol. The normalized spacial score (nSPS) is 11.0. The lowest BCUT2D eigenvalue weighted by molar-refractivity contribution is 0.108. The Morgan fingerprint density at radius 2 is 2.08 bits per heavy atom. The molecule has 0 saturated carbocycles. The number of rotatable bonds is 8. The van der Waals surface area contributed by atoms with Gasteiger partial charge in [0.05, 0.1) is 0 Å². The highest BCUT2D eigenvalue weighted by molar-refractivity contribution is 4.46. The second-order valence-electron chi connectivity index (χ2n) is 3.26. The van der Waals surface area contributed by atoms with Gasteiger partial charge < -0.3 is 10.1 Å². The third-order valence-electron chi connectivity index (χ3n) is 1.36. The van der Waals surface area contributed by atoms with Crippen LogP contribution in [0, 0.1) is 5.92 Å². The molecule has 0 amide bonds. The molecule has 0 aliphatic heterocycles. The second kappa shape index (κ2) is 8.94. The van der Waals surface area contributed by atoms with E-state index in [1.54, 1.807) is 0 Å². The van der Waals surface area contributed by atoms with Crippen molar-refractivity contribution < 1.29 is 9.13 Å². The van der Waals surface area contributed by atoms with E-state index in [4.69, 9.17) is 4.74 Å². The molecule has 0 aliphatic carbocycles. The number of nitrogens with one attached hydrogen (secondary N) is 1. The fraction of sp³-hybridized carbons (Fsp3) is 1.00. The highest BCUT2D eigenvalue weighted by Crippen LogP contribution is 1.92. The van der Waals surface area contributed by atoms with Crippen molar-refractivity contribution in [2.24, 2.45) is 5.92 Å². The van der Waals surface area contributed by atoms with Gasteiger partial charge >= 0.3 is 0 Å². The monoisotopic (exact) mass is 177 g/mol. The number of halogens is 1. The largest absolute Gasteiger partial charge is 0.381 e. The molecule has 0 heterocycles. The fourth-order valence-electron chi connectivity index (χ4n) is 0.810. The summed E-state index contributed by atoms with van der Waals surface area (Å²) in [5, 5.41) is 2.97. The molecule has 0 unspecified atom stereocenters. The van der Waals surface area contributed by atoms with Crippen LogP contribution < -0.4 is 5.32 Å². The highest BCUT2D eigenvalue weighted by atomic mass is 19.1. The zero-order valence-corrected chi connectivity index (χ0v) is 8.11. The maximum absolute atomic E-state index is 11.6. The van der Waals surface area contributed by atoms with Crippen LogP contribution in [0.2, 0.25) is 0 Å². The van der Waals surface area contributed by atoms with E-state index < -0.39 is 0 Å². The molecule has 2 nitrogen and oxygen atoms in total. The Kier molecular flexibility index (Phi) is 8.83. The summed E-state index contributed by atoms with van der Waals surface area (Å²) in [6.07, 6.45) is 0.965. The number of hydrogen-bond donors (Lipinski definition) is 1. The second-order valence-corrected chi connectivity index (χ2v) is 3.26. The standard InChI is InChI=1S/C9H20FNO/c1-9(2)8-12-7-3-5-11-6-4-10/h9,11H,3-8H2,1-2H3. The summed E-state index contributed by atoms with van der Waals surface area (Å²) in [6, 6.07) is 0. The predicted molar refractivity (Wildman–Crippen MR) is 49.1 cm³/mol. The lowest BCUT2D eigenvalue weighted by Gasteiger charge is -2.06. The van der Waals surface area contributed by atoms with Crippen LogP contribution in [0.15, 0.2) is 0 Å². The van der Waals surface area contributed by atoms with Gasteiger partial charge in [0.1, 0.15) is 6.67 Å². The maximum Gasteiger partial charge on any atom is 0.102 e. The maximum atomic E-state index is 11.6. The van der Waals surface area contributed by atoms with Crippen LogP contribution in [0.4, 0.5) is 4.39 Å². The Balaban J connectivity index is 2.82. The summed E-state index contributed by atoms with van der Waals surface area (Å²) in [5.41, 5.74) is 0. The van der Waals surface area contributed by atoms with Gasteiger partial charge in [0.15, 0.2) is 0 Å². The van der Waals surface area contributed by atoms with Crippen LogP contribution in [0.5, 0.6) is 0 Å². The summed E-state index contributed by atoms with van der Waals surface area (Å²) in [6.45, 7) is 6.88. The molecule has 0 radical (unpaired) electrons. The third kappa shape index (κ3) is 9.85. The van der Waals surface area contributed by atoms with Gasteiger partial charge in [-0.25, -0.2) is 4.39 Å². The average Bonchev–Trinajstić information content (AvgIpc) is 2.02. The Bertz CT molecular complexity index is 88.6. The van der Waals surface area contributed by atoms with Crippen LogP contribution in [-0.4, -0.2) is 33.0 Å². The average molecular weight is 177 g/mol. The van der Waals surface area contributed by atoms with Crippen LogP contribution in [0.3, 0.4) is 0 Å². The summed E-state index contributed by atoms with van der Waals surface area (Å²) in [5.74, 6) is 0.601. The topological polar surface area (TPSA) is 21.3 Å². The van der Waals surface area contributed by atoms with E-state index in [0.29, 0.717) is 12.5 Å². The molecule has 0 fully saturated rings. The molecule has 12 heavy (non-hydrogen) atoms. The van der Waals surface area contributed by atoms with Crippen molar-refractivity contribution in [3.8, 4) is 0 Å². The van der Waals surface area contributed by atoms with Gasteiger partial charge in [0.2, 0.25) is 0 Å². The fourth-order valence-corrected chi connectivity index (χ4v) is 0.810. The third-order valence-corrected chi connectivity index (χ3v) is 1.36. The Labute approximate surface area is 74.5 Å². The molecule has 0 aromatic carbocycles. The molecule has 0 atom stereocenters.